The normalized spacial score (nSPS) is 23.7. The Balaban J connectivity index is 1.87. The smallest absolute Gasteiger partial charge is 0.123 e. The van der Waals surface area contributed by atoms with Crippen LogP contribution in [0.2, 0.25) is 0 Å². The molecule has 0 spiro atoms. The van der Waals surface area contributed by atoms with Crippen molar-refractivity contribution in [2.24, 2.45) is 5.73 Å². The van der Waals surface area contributed by atoms with E-state index in [2.05, 4.69) is 23.2 Å². The number of hydrogen-bond donors (Lipinski definition) is 2. The van der Waals surface area contributed by atoms with Gasteiger partial charge in [0.2, 0.25) is 0 Å². The predicted molar refractivity (Wildman–Crippen MR) is 76.3 cm³/mol. The summed E-state index contributed by atoms with van der Waals surface area (Å²) in [6.45, 7) is 2.15. The minimum atomic E-state index is 0.262. The Hall–Kier alpha value is -1.55. The molecule has 1 aliphatic rings. The molecule has 0 saturated heterocycles. The van der Waals surface area contributed by atoms with Crippen LogP contribution in [0.1, 0.15) is 38.2 Å². The number of H-pyrrole nitrogens is 1. The van der Waals surface area contributed by atoms with Crippen molar-refractivity contribution in [2.45, 2.75) is 51.2 Å². The molecule has 1 heterocycles. The molecule has 3 N–H and O–H groups in total. The quantitative estimate of drug-likeness (QED) is 0.890. The molecule has 1 fully saturated rings. The summed E-state index contributed by atoms with van der Waals surface area (Å²) in [6.07, 6.45) is 7.46. The number of rotatable bonds is 3. The highest BCUT2D eigenvalue weighted by molar-refractivity contribution is 5.84. The summed E-state index contributed by atoms with van der Waals surface area (Å²) < 4.78 is 6.20. The fraction of sp³-hybridized carbons (Fsp3) is 0.533. The standard InChI is InChI=1S/C15H21N3O/c1-2-12-13-9-17-18-14(13)6-7-15(12)19-11-5-3-4-10(16)8-11/h6-7,9-11H,2-5,8,16H2,1H3,(H,17,18)/t10-,11+/m1/s1. The fourth-order valence-electron chi connectivity index (χ4n) is 3.00. The van der Waals surface area contributed by atoms with E-state index in [9.17, 15) is 0 Å². The van der Waals surface area contributed by atoms with Gasteiger partial charge in [0.25, 0.3) is 0 Å². The molecule has 3 rings (SSSR count). The number of nitrogens with zero attached hydrogens (tertiary/aromatic N) is 1. The van der Waals surface area contributed by atoms with Crippen molar-refractivity contribution >= 4 is 10.9 Å². The number of hydrogen-bond acceptors (Lipinski definition) is 3. The Labute approximate surface area is 113 Å². The minimum absolute atomic E-state index is 0.262. The van der Waals surface area contributed by atoms with Crippen molar-refractivity contribution in [3.63, 3.8) is 0 Å². The highest BCUT2D eigenvalue weighted by Gasteiger charge is 2.21. The van der Waals surface area contributed by atoms with Crippen LogP contribution >= 0.6 is 0 Å². The van der Waals surface area contributed by atoms with E-state index >= 15 is 0 Å². The van der Waals surface area contributed by atoms with E-state index in [1.54, 1.807) is 0 Å². The second-order valence-electron chi connectivity index (χ2n) is 5.39. The number of aryl methyl sites for hydroxylation is 1. The van der Waals surface area contributed by atoms with E-state index in [0.717, 1.165) is 36.9 Å². The summed E-state index contributed by atoms with van der Waals surface area (Å²) in [7, 11) is 0. The summed E-state index contributed by atoms with van der Waals surface area (Å²) >= 11 is 0. The van der Waals surface area contributed by atoms with Crippen LogP contribution < -0.4 is 10.5 Å². The van der Waals surface area contributed by atoms with Gasteiger partial charge in [-0.1, -0.05) is 6.92 Å². The SMILES string of the molecule is CCc1c(O[C@H]2CCC[C@@H](N)C2)ccc2[nH]ncc12. The third kappa shape index (κ3) is 2.45. The first kappa shape index (κ1) is 12.5. The van der Waals surface area contributed by atoms with Gasteiger partial charge >= 0.3 is 0 Å². The molecule has 0 aliphatic heterocycles. The number of aromatic nitrogens is 2. The van der Waals surface area contributed by atoms with Crippen molar-refractivity contribution in [2.75, 3.05) is 0 Å². The van der Waals surface area contributed by atoms with E-state index in [4.69, 9.17) is 10.5 Å². The third-order valence-electron chi connectivity index (χ3n) is 4.01. The zero-order chi connectivity index (χ0) is 13.2. The molecule has 4 heteroatoms. The van der Waals surface area contributed by atoms with E-state index in [0.29, 0.717) is 6.04 Å². The lowest BCUT2D eigenvalue weighted by Gasteiger charge is -2.28. The molecule has 19 heavy (non-hydrogen) atoms. The van der Waals surface area contributed by atoms with Crippen molar-refractivity contribution in [1.29, 1.82) is 0 Å². The lowest BCUT2D eigenvalue weighted by molar-refractivity contribution is 0.143. The van der Waals surface area contributed by atoms with E-state index in [-0.39, 0.29) is 6.10 Å². The molecular weight excluding hydrogens is 238 g/mol. The maximum Gasteiger partial charge on any atom is 0.123 e. The minimum Gasteiger partial charge on any atom is -0.490 e. The highest BCUT2D eigenvalue weighted by Crippen LogP contribution is 2.30. The Morgan fingerprint density at radius 2 is 2.32 bits per heavy atom. The fourth-order valence-corrected chi connectivity index (χ4v) is 3.00. The largest absolute Gasteiger partial charge is 0.490 e. The summed E-state index contributed by atoms with van der Waals surface area (Å²) in [6, 6.07) is 4.39. The molecule has 102 valence electrons. The van der Waals surface area contributed by atoms with Gasteiger partial charge in [0.15, 0.2) is 0 Å². The van der Waals surface area contributed by atoms with Crippen LogP contribution in [-0.4, -0.2) is 22.3 Å². The van der Waals surface area contributed by atoms with Crippen LogP contribution in [0, 0.1) is 0 Å². The van der Waals surface area contributed by atoms with Crippen molar-refractivity contribution < 1.29 is 4.74 Å². The Bertz CT molecular complexity index is 564. The van der Waals surface area contributed by atoms with Gasteiger partial charge < -0.3 is 10.5 Å². The molecule has 1 aromatic heterocycles. The van der Waals surface area contributed by atoms with Crippen LogP contribution in [0.3, 0.4) is 0 Å². The van der Waals surface area contributed by atoms with E-state index in [1.165, 1.54) is 17.4 Å². The van der Waals surface area contributed by atoms with Gasteiger partial charge in [-0.05, 0) is 44.2 Å². The van der Waals surface area contributed by atoms with E-state index in [1.807, 2.05) is 12.3 Å². The number of fused-ring (bicyclic) bond motifs is 1. The first-order valence-electron chi connectivity index (χ1n) is 7.15. The zero-order valence-corrected chi connectivity index (χ0v) is 11.4. The summed E-state index contributed by atoms with van der Waals surface area (Å²) in [4.78, 5) is 0. The second-order valence-corrected chi connectivity index (χ2v) is 5.39. The maximum atomic E-state index is 6.20. The van der Waals surface area contributed by atoms with Gasteiger partial charge in [-0.3, -0.25) is 5.10 Å². The van der Waals surface area contributed by atoms with Gasteiger partial charge in [-0.2, -0.15) is 5.10 Å². The van der Waals surface area contributed by atoms with Crippen LogP contribution in [0.4, 0.5) is 0 Å². The average molecular weight is 259 g/mol. The molecule has 0 radical (unpaired) electrons. The van der Waals surface area contributed by atoms with Gasteiger partial charge in [0, 0.05) is 17.0 Å². The first-order valence-corrected chi connectivity index (χ1v) is 7.15. The van der Waals surface area contributed by atoms with Gasteiger partial charge in [-0.25, -0.2) is 0 Å². The summed E-state index contributed by atoms with van der Waals surface area (Å²) in [5.41, 5.74) is 8.34. The molecule has 1 aliphatic carbocycles. The summed E-state index contributed by atoms with van der Waals surface area (Å²) in [5, 5.41) is 8.28. The van der Waals surface area contributed by atoms with Gasteiger partial charge in [-0.15, -0.1) is 0 Å². The molecule has 2 atom stereocenters. The van der Waals surface area contributed by atoms with Crippen molar-refractivity contribution in [3.05, 3.63) is 23.9 Å². The number of benzene rings is 1. The zero-order valence-electron chi connectivity index (χ0n) is 11.4. The number of aromatic amines is 1. The number of nitrogens with one attached hydrogen (secondary N) is 1. The van der Waals surface area contributed by atoms with Crippen LogP contribution in [0.5, 0.6) is 5.75 Å². The predicted octanol–water partition coefficient (Wildman–Crippen LogP) is 2.77. The molecule has 0 bridgehead atoms. The Kier molecular flexibility index (Phi) is 3.42. The second kappa shape index (κ2) is 5.21. The Morgan fingerprint density at radius 3 is 3.11 bits per heavy atom. The molecule has 2 aromatic rings. The molecule has 1 saturated carbocycles. The number of ether oxygens (including phenoxy) is 1. The lowest BCUT2D eigenvalue weighted by atomic mass is 9.93. The van der Waals surface area contributed by atoms with Gasteiger partial charge in [0.05, 0.1) is 11.7 Å². The molecule has 0 unspecified atom stereocenters. The van der Waals surface area contributed by atoms with E-state index < -0.39 is 0 Å². The topological polar surface area (TPSA) is 63.9 Å². The van der Waals surface area contributed by atoms with Crippen LogP contribution in [0.15, 0.2) is 18.3 Å². The Morgan fingerprint density at radius 1 is 1.42 bits per heavy atom. The third-order valence-corrected chi connectivity index (χ3v) is 4.01. The summed E-state index contributed by atoms with van der Waals surface area (Å²) in [5.74, 6) is 0.996. The van der Waals surface area contributed by atoms with Crippen molar-refractivity contribution in [1.82, 2.24) is 10.2 Å². The van der Waals surface area contributed by atoms with Gasteiger partial charge in [0.1, 0.15) is 11.9 Å². The molecule has 0 amide bonds. The molecule has 4 nitrogen and oxygen atoms in total. The number of nitrogens with two attached hydrogens (primary N) is 1. The van der Waals surface area contributed by atoms with Crippen LogP contribution in [0.25, 0.3) is 10.9 Å². The first-order chi connectivity index (χ1) is 9.28. The highest BCUT2D eigenvalue weighted by atomic mass is 16.5. The lowest BCUT2D eigenvalue weighted by Crippen LogP contribution is -2.33. The maximum absolute atomic E-state index is 6.20. The van der Waals surface area contributed by atoms with Crippen molar-refractivity contribution in [3.8, 4) is 5.75 Å². The monoisotopic (exact) mass is 259 g/mol. The molecule has 1 aromatic carbocycles. The molecular formula is C15H21N3O. The van der Waals surface area contributed by atoms with Crippen LogP contribution in [-0.2, 0) is 6.42 Å². The average Bonchev–Trinajstić information content (AvgIpc) is 2.87.